The number of unbranched alkanes of at least 4 members (excludes halogenated alkanes) is 37. The SMILES string of the molecule is CCCCCCCCCCCCCCCC(=O)OC[C@H](COP(=O)(O)OC[C@@H](O)COP(=O)(O)OC[C@@H](COC(=O)CCCCCCC)OC(=O)CCCCCCCCCCCCCCC)OC(=O)CCCCCCCCCCCCC(C)C. The van der Waals surface area contributed by atoms with Crippen LogP contribution in [-0.2, 0) is 65.4 Å². The van der Waals surface area contributed by atoms with Crippen LogP contribution >= 0.6 is 15.6 Å². The van der Waals surface area contributed by atoms with Crippen LogP contribution in [0.4, 0.5) is 0 Å². The Morgan fingerprint density at radius 1 is 0.321 bits per heavy atom. The molecule has 0 aliphatic heterocycles. The first kappa shape index (κ1) is 82.1. The summed E-state index contributed by atoms with van der Waals surface area (Å²) in [6.45, 7) is 7.12. The summed E-state index contributed by atoms with van der Waals surface area (Å²) < 4.78 is 67.9. The Balaban J connectivity index is 5.17. The molecule has 0 saturated heterocycles. The van der Waals surface area contributed by atoms with E-state index in [0.29, 0.717) is 25.7 Å². The topological polar surface area (TPSA) is 237 Å². The fourth-order valence-corrected chi connectivity index (χ4v) is 11.3. The molecule has 0 bridgehead atoms. The first-order valence-corrected chi connectivity index (χ1v) is 37.1. The van der Waals surface area contributed by atoms with Crippen molar-refractivity contribution in [2.45, 2.75) is 348 Å². The quantitative estimate of drug-likeness (QED) is 0.0222. The van der Waals surface area contributed by atoms with Gasteiger partial charge in [-0.2, -0.15) is 0 Å². The number of ether oxygens (including phenoxy) is 4. The summed E-state index contributed by atoms with van der Waals surface area (Å²) in [4.78, 5) is 72.1. The monoisotopic (exact) mass is 1240 g/mol. The van der Waals surface area contributed by atoms with Gasteiger partial charge >= 0.3 is 39.5 Å². The Morgan fingerprint density at radius 3 is 0.810 bits per heavy atom. The van der Waals surface area contributed by atoms with Gasteiger partial charge in [0.2, 0.25) is 0 Å². The van der Waals surface area contributed by atoms with E-state index >= 15 is 0 Å². The van der Waals surface area contributed by atoms with Crippen molar-refractivity contribution in [3.8, 4) is 0 Å². The molecule has 0 spiro atoms. The van der Waals surface area contributed by atoms with Crippen molar-refractivity contribution in [3.63, 3.8) is 0 Å². The Hall–Kier alpha value is -1.94. The molecule has 0 radical (unpaired) electrons. The standard InChI is InChI=1S/C65H126O17P2/c1-6-9-12-15-17-19-21-23-25-30-34-39-44-49-63(68)76-55-61(82-65(70)51-46-41-36-32-28-27-29-33-38-42-47-58(4)5)57-80-84(73,74)78-53-59(66)52-77-83(71,72)79-56-60(54-75-62(67)48-43-37-14-11-8-3)81-64(69)50-45-40-35-31-26-24-22-20-18-16-13-10-7-2/h58-61,66H,6-57H2,1-5H3,(H,71,72)(H,73,74)/t59-,60+,61+/m0/s1. The van der Waals surface area contributed by atoms with Crippen molar-refractivity contribution in [1.29, 1.82) is 0 Å². The van der Waals surface area contributed by atoms with Gasteiger partial charge in [-0.25, -0.2) is 9.13 Å². The van der Waals surface area contributed by atoms with Gasteiger partial charge in [-0.3, -0.25) is 37.3 Å². The van der Waals surface area contributed by atoms with Crippen LogP contribution in [0.3, 0.4) is 0 Å². The number of esters is 4. The van der Waals surface area contributed by atoms with Crippen LogP contribution in [0.2, 0.25) is 0 Å². The van der Waals surface area contributed by atoms with Crippen LogP contribution in [0.15, 0.2) is 0 Å². The third kappa shape index (κ3) is 59.0. The molecule has 84 heavy (non-hydrogen) atoms. The molecule has 17 nitrogen and oxygen atoms in total. The third-order valence-electron chi connectivity index (χ3n) is 15.0. The Morgan fingerprint density at radius 2 is 0.548 bits per heavy atom. The van der Waals surface area contributed by atoms with Crippen LogP contribution in [0.25, 0.3) is 0 Å². The summed E-state index contributed by atoms with van der Waals surface area (Å²) in [5.41, 5.74) is 0. The second-order valence-electron chi connectivity index (χ2n) is 24.0. The number of aliphatic hydroxyl groups is 1. The van der Waals surface area contributed by atoms with E-state index in [2.05, 4.69) is 34.6 Å². The molecule has 0 aliphatic rings. The van der Waals surface area contributed by atoms with Crippen molar-refractivity contribution in [2.75, 3.05) is 39.6 Å². The molecule has 2 unspecified atom stereocenters. The van der Waals surface area contributed by atoms with Gasteiger partial charge in [0.15, 0.2) is 12.2 Å². The fourth-order valence-electron chi connectivity index (χ4n) is 9.76. The molecule has 0 aromatic carbocycles. The lowest BCUT2D eigenvalue weighted by Gasteiger charge is -2.21. The van der Waals surface area contributed by atoms with E-state index in [9.17, 15) is 43.2 Å². The predicted octanol–water partition coefficient (Wildman–Crippen LogP) is 18.2. The van der Waals surface area contributed by atoms with Crippen molar-refractivity contribution >= 4 is 39.5 Å². The number of hydrogen-bond donors (Lipinski definition) is 3. The van der Waals surface area contributed by atoms with Crippen LogP contribution in [0, 0.1) is 5.92 Å². The van der Waals surface area contributed by atoms with Crippen molar-refractivity contribution in [2.24, 2.45) is 5.92 Å². The number of rotatable bonds is 65. The summed E-state index contributed by atoms with van der Waals surface area (Å²) in [6, 6.07) is 0. The molecule has 498 valence electrons. The highest BCUT2D eigenvalue weighted by Gasteiger charge is 2.30. The Labute approximate surface area is 511 Å². The molecule has 5 atom stereocenters. The molecule has 3 N–H and O–H groups in total. The van der Waals surface area contributed by atoms with E-state index in [1.807, 2.05) is 0 Å². The largest absolute Gasteiger partial charge is 0.472 e. The van der Waals surface area contributed by atoms with Gasteiger partial charge in [0.25, 0.3) is 0 Å². The van der Waals surface area contributed by atoms with Crippen LogP contribution in [-0.4, -0.2) is 96.7 Å². The average Bonchev–Trinajstić information content (AvgIpc) is 3.56. The maximum Gasteiger partial charge on any atom is 0.472 e. The number of phosphoric acid groups is 2. The first-order chi connectivity index (χ1) is 40.5. The molecular formula is C65H126O17P2. The first-order valence-electron chi connectivity index (χ1n) is 34.1. The second kappa shape index (κ2) is 58.7. The highest BCUT2D eigenvalue weighted by molar-refractivity contribution is 7.47. The number of carbonyl (C=O) groups is 4. The van der Waals surface area contributed by atoms with Gasteiger partial charge in [0, 0.05) is 25.7 Å². The zero-order chi connectivity index (χ0) is 62.0. The average molecular weight is 1240 g/mol. The molecule has 0 aromatic rings. The summed E-state index contributed by atoms with van der Waals surface area (Å²) in [7, 11) is -9.88. The van der Waals surface area contributed by atoms with E-state index in [4.69, 9.17) is 37.0 Å². The van der Waals surface area contributed by atoms with Gasteiger partial charge in [-0.05, 0) is 31.6 Å². The van der Waals surface area contributed by atoms with E-state index < -0.39 is 97.5 Å². The fraction of sp³-hybridized carbons (Fsp3) is 0.938. The molecular weight excluding hydrogens is 1110 g/mol. The van der Waals surface area contributed by atoms with Gasteiger partial charge in [0.05, 0.1) is 26.4 Å². The van der Waals surface area contributed by atoms with E-state index in [-0.39, 0.29) is 25.7 Å². The molecule has 0 aromatic heterocycles. The number of aliphatic hydroxyl groups excluding tert-OH is 1. The molecule has 0 aliphatic carbocycles. The lowest BCUT2D eigenvalue weighted by molar-refractivity contribution is -0.161. The zero-order valence-electron chi connectivity index (χ0n) is 54.0. The van der Waals surface area contributed by atoms with E-state index in [1.54, 1.807) is 0 Å². The highest BCUT2D eigenvalue weighted by atomic mass is 31.2. The maximum absolute atomic E-state index is 13.0. The van der Waals surface area contributed by atoms with Crippen LogP contribution in [0.1, 0.15) is 330 Å². The van der Waals surface area contributed by atoms with E-state index in [0.717, 1.165) is 102 Å². The summed E-state index contributed by atoms with van der Waals surface area (Å²) >= 11 is 0. The molecule has 0 rings (SSSR count). The van der Waals surface area contributed by atoms with Gasteiger partial charge in [0.1, 0.15) is 19.3 Å². The van der Waals surface area contributed by atoms with Crippen molar-refractivity contribution in [3.05, 3.63) is 0 Å². The zero-order valence-corrected chi connectivity index (χ0v) is 55.8. The molecule has 0 amide bonds. The smallest absolute Gasteiger partial charge is 0.462 e. The van der Waals surface area contributed by atoms with Gasteiger partial charge in [-0.15, -0.1) is 0 Å². The molecule has 0 saturated carbocycles. The summed E-state index contributed by atoms with van der Waals surface area (Å²) in [6.07, 6.45) is 43.3. The second-order valence-corrected chi connectivity index (χ2v) is 26.9. The minimum absolute atomic E-state index is 0.106. The van der Waals surface area contributed by atoms with Gasteiger partial charge in [-0.1, -0.05) is 279 Å². The van der Waals surface area contributed by atoms with Crippen LogP contribution < -0.4 is 0 Å². The summed E-state index contributed by atoms with van der Waals surface area (Å²) in [5.74, 6) is -1.39. The molecule has 0 heterocycles. The minimum atomic E-state index is -4.94. The molecule has 0 fully saturated rings. The minimum Gasteiger partial charge on any atom is -0.462 e. The maximum atomic E-state index is 13.0. The number of hydrogen-bond acceptors (Lipinski definition) is 15. The Bertz CT molecular complexity index is 1640. The third-order valence-corrected chi connectivity index (χ3v) is 16.9. The van der Waals surface area contributed by atoms with Crippen molar-refractivity contribution in [1.82, 2.24) is 0 Å². The summed E-state index contributed by atoms with van der Waals surface area (Å²) in [5, 5.41) is 10.5. The number of phosphoric ester groups is 2. The van der Waals surface area contributed by atoms with Crippen molar-refractivity contribution < 1.29 is 80.2 Å². The number of carbonyl (C=O) groups excluding carboxylic acids is 4. The normalized spacial score (nSPS) is 14.2. The lowest BCUT2D eigenvalue weighted by atomic mass is 10.0. The molecule has 19 heteroatoms. The van der Waals surface area contributed by atoms with E-state index in [1.165, 1.54) is 148 Å². The Kier molecular flexibility index (Phi) is 57.4. The predicted molar refractivity (Wildman–Crippen MR) is 335 cm³/mol. The highest BCUT2D eigenvalue weighted by Crippen LogP contribution is 2.45. The van der Waals surface area contributed by atoms with Gasteiger partial charge < -0.3 is 33.8 Å². The lowest BCUT2D eigenvalue weighted by Crippen LogP contribution is -2.30. The van der Waals surface area contributed by atoms with Crippen LogP contribution in [0.5, 0.6) is 0 Å².